The van der Waals surface area contributed by atoms with Crippen LogP contribution < -0.4 is 9.05 Å². The standard InChI is InChI=1S/C12H10O3P.C8H8/c13-16(14-11-7-3-1-4-8-11)15-12-9-5-2-6-10-12;1-2-8-6-4-3-5-7-8/h1-10H;2-7H,1H2/q+1;. The quantitative estimate of drug-likeness (QED) is 0.525. The smallest absolute Gasteiger partial charge is 0.222 e. The summed E-state index contributed by atoms with van der Waals surface area (Å²) in [5.74, 6) is 1.05. The predicted octanol–water partition coefficient (Wildman–Crippen LogP) is 6.13. The largest absolute Gasteiger partial charge is 0.805 e. The lowest BCUT2D eigenvalue weighted by Gasteiger charge is -1.92. The zero-order chi connectivity index (χ0) is 17.0. The molecule has 3 nitrogen and oxygen atoms in total. The molecule has 0 N–H and O–H groups in total. The number of hydrogen-bond acceptors (Lipinski definition) is 3. The molecule has 120 valence electrons. The second-order valence-electron chi connectivity index (χ2n) is 4.65. The molecule has 0 atom stereocenters. The summed E-state index contributed by atoms with van der Waals surface area (Å²) in [7, 11) is -2.18. The average Bonchev–Trinajstić information content (AvgIpc) is 2.64. The summed E-state index contributed by atoms with van der Waals surface area (Å²) in [6.45, 7) is 3.63. The maximum Gasteiger partial charge on any atom is 0.805 e. The molecule has 0 saturated heterocycles. The molecule has 0 aliphatic carbocycles. The van der Waals surface area contributed by atoms with Gasteiger partial charge in [-0.05, 0) is 29.8 Å². The minimum absolute atomic E-state index is 0.527. The molecule has 0 fully saturated rings. The Bertz CT molecular complexity index is 700. The molecule has 0 aromatic heterocycles. The van der Waals surface area contributed by atoms with Crippen LogP contribution in [0, 0.1) is 0 Å². The lowest BCUT2D eigenvalue weighted by atomic mass is 10.2. The predicted molar refractivity (Wildman–Crippen MR) is 98.3 cm³/mol. The van der Waals surface area contributed by atoms with Crippen molar-refractivity contribution in [1.82, 2.24) is 0 Å². The Balaban J connectivity index is 0.000000219. The zero-order valence-corrected chi connectivity index (χ0v) is 14.0. The number of benzene rings is 3. The van der Waals surface area contributed by atoms with Crippen LogP contribution in [0.1, 0.15) is 5.56 Å². The Morgan fingerprint density at radius 2 is 1.04 bits per heavy atom. The molecular weight excluding hydrogens is 319 g/mol. The third kappa shape index (κ3) is 6.47. The van der Waals surface area contributed by atoms with Crippen molar-refractivity contribution in [3.63, 3.8) is 0 Å². The lowest BCUT2D eigenvalue weighted by molar-refractivity contribution is 0.415. The molecular formula is C20H18O3P+. The van der Waals surface area contributed by atoms with Crippen LogP contribution >= 0.6 is 8.25 Å². The Morgan fingerprint density at radius 3 is 1.38 bits per heavy atom. The molecule has 0 aliphatic heterocycles. The molecule has 3 rings (SSSR count). The fourth-order valence-corrected chi connectivity index (χ4v) is 2.37. The topological polar surface area (TPSA) is 35.5 Å². The maximum atomic E-state index is 11.5. The van der Waals surface area contributed by atoms with Crippen LogP contribution in [-0.2, 0) is 4.57 Å². The summed E-state index contributed by atoms with van der Waals surface area (Å²) in [6.07, 6.45) is 1.83. The van der Waals surface area contributed by atoms with Crippen LogP contribution in [0.5, 0.6) is 11.5 Å². The van der Waals surface area contributed by atoms with Crippen molar-refractivity contribution in [1.29, 1.82) is 0 Å². The van der Waals surface area contributed by atoms with E-state index in [4.69, 9.17) is 9.05 Å². The van der Waals surface area contributed by atoms with Gasteiger partial charge in [-0.3, -0.25) is 0 Å². The van der Waals surface area contributed by atoms with E-state index in [1.807, 2.05) is 48.5 Å². The minimum atomic E-state index is -2.18. The highest BCUT2D eigenvalue weighted by molar-refractivity contribution is 7.34. The number of hydrogen-bond donors (Lipinski definition) is 0. The highest BCUT2D eigenvalue weighted by Crippen LogP contribution is 2.29. The van der Waals surface area contributed by atoms with Crippen LogP contribution in [-0.4, -0.2) is 0 Å². The van der Waals surface area contributed by atoms with E-state index in [2.05, 4.69) is 6.58 Å². The van der Waals surface area contributed by atoms with Gasteiger partial charge in [0.15, 0.2) is 11.5 Å². The molecule has 0 amide bonds. The van der Waals surface area contributed by atoms with Gasteiger partial charge >= 0.3 is 8.25 Å². The summed E-state index contributed by atoms with van der Waals surface area (Å²) >= 11 is 0. The first-order chi connectivity index (χ1) is 11.8. The Hall–Kier alpha value is -2.90. The zero-order valence-electron chi connectivity index (χ0n) is 13.1. The van der Waals surface area contributed by atoms with Gasteiger partial charge in [-0.15, -0.1) is 0 Å². The minimum Gasteiger partial charge on any atom is -0.222 e. The van der Waals surface area contributed by atoms with Crippen molar-refractivity contribution in [2.45, 2.75) is 0 Å². The average molecular weight is 337 g/mol. The number of rotatable bonds is 5. The van der Waals surface area contributed by atoms with E-state index >= 15 is 0 Å². The third-order valence-corrected chi connectivity index (χ3v) is 3.60. The van der Waals surface area contributed by atoms with E-state index in [1.54, 1.807) is 48.5 Å². The molecule has 0 spiro atoms. The molecule has 24 heavy (non-hydrogen) atoms. The van der Waals surface area contributed by atoms with Crippen molar-refractivity contribution in [3.05, 3.63) is 103 Å². The van der Waals surface area contributed by atoms with Gasteiger partial charge in [0.1, 0.15) is 0 Å². The van der Waals surface area contributed by atoms with Gasteiger partial charge in [-0.2, -0.15) is 0 Å². The van der Waals surface area contributed by atoms with Crippen molar-refractivity contribution < 1.29 is 13.6 Å². The first-order valence-electron chi connectivity index (χ1n) is 7.38. The molecule has 0 saturated carbocycles. The highest BCUT2D eigenvalue weighted by atomic mass is 31.1. The van der Waals surface area contributed by atoms with Crippen LogP contribution in [0.4, 0.5) is 0 Å². The van der Waals surface area contributed by atoms with Gasteiger partial charge < -0.3 is 0 Å². The molecule has 4 heteroatoms. The molecule has 0 unspecified atom stereocenters. The Kier molecular flexibility index (Phi) is 7.26. The van der Waals surface area contributed by atoms with E-state index in [0.717, 1.165) is 0 Å². The van der Waals surface area contributed by atoms with E-state index in [9.17, 15) is 4.57 Å². The summed E-state index contributed by atoms with van der Waals surface area (Å²) < 4.78 is 21.7. The van der Waals surface area contributed by atoms with E-state index in [0.29, 0.717) is 11.5 Å². The fourth-order valence-electron chi connectivity index (χ4n) is 1.74. The van der Waals surface area contributed by atoms with Crippen LogP contribution in [0.3, 0.4) is 0 Å². The SMILES string of the molecule is C=Cc1ccccc1.O=[P+](Oc1ccccc1)Oc1ccccc1. The lowest BCUT2D eigenvalue weighted by Crippen LogP contribution is -1.87. The van der Waals surface area contributed by atoms with Gasteiger partial charge in [0.05, 0.1) is 0 Å². The highest BCUT2D eigenvalue weighted by Gasteiger charge is 2.23. The van der Waals surface area contributed by atoms with Gasteiger partial charge in [0, 0.05) is 4.57 Å². The van der Waals surface area contributed by atoms with E-state index in [-0.39, 0.29) is 0 Å². The Morgan fingerprint density at radius 1 is 0.667 bits per heavy atom. The van der Waals surface area contributed by atoms with Gasteiger partial charge in [0.25, 0.3) is 0 Å². The van der Waals surface area contributed by atoms with Crippen molar-refractivity contribution in [2.24, 2.45) is 0 Å². The van der Waals surface area contributed by atoms with Gasteiger partial charge in [-0.25, -0.2) is 9.05 Å². The molecule has 0 aliphatic rings. The van der Waals surface area contributed by atoms with Gasteiger partial charge in [0.2, 0.25) is 0 Å². The molecule has 3 aromatic rings. The maximum absolute atomic E-state index is 11.5. The first-order valence-corrected chi connectivity index (χ1v) is 8.48. The Labute approximate surface area is 143 Å². The first kappa shape index (κ1) is 17.5. The normalized spacial score (nSPS) is 9.17. The third-order valence-electron chi connectivity index (χ3n) is 2.88. The van der Waals surface area contributed by atoms with Crippen molar-refractivity contribution in [3.8, 4) is 11.5 Å². The van der Waals surface area contributed by atoms with Crippen molar-refractivity contribution >= 4 is 14.3 Å². The summed E-state index contributed by atoms with van der Waals surface area (Å²) in [6, 6.07) is 27.9. The molecule has 3 aromatic carbocycles. The van der Waals surface area contributed by atoms with Crippen molar-refractivity contribution in [2.75, 3.05) is 0 Å². The summed E-state index contributed by atoms with van der Waals surface area (Å²) in [4.78, 5) is 0. The fraction of sp³-hybridized carbons (Fsp3) is 0. The molecule has 0 heterocycles. The molecule has 0 radical (unpaired) electrons. The molecule has 0 bridgehead atoms. The monoisotopic (exact) mass is 337 g/mol. The van der Waals surface area contributed by atoms with Crippen LogP contribution in [0.2, 0.25) is 0 Å². The second kappa shape index (κ2) is 9.98. The number of para-hydroxylation sites is 2. The second-order valence-corrected chi connectivity index (χ2v) is 5.46. The summed E-state index contributed by atoms with van der Waals surface area (Å²) in [5.41, 5.74) is 1.17. The van der Waals surface area contributed by atoms with Crippen LogP contribution in [0.25, 0.3) is 6.08 Å². The summed E-state index contributed by atoms with van der Waals surface area (Å²) in [5, 5.41) is 0. The van der Waals surface area contributed by atoms with E-state index < -0.39 is 8.25 Å². The van der Waals surface area contributed by atoms with Gasteiger partial charge in [-0.1, -0.05) is 79.4 Å². The van der Waals surface area contributed by atoms with Crippen LogP contribution in [0.15, 0.2) is 97.6 Å². The van der Waals surface area contributed by atoms with E-state index in [1.165, 1.54) is 5.56 Å².